The molecule has 9 nitrogen and oxygen atoms in total. The van der Waals surface area contributed by atoms with Crippen LogP contribution in [-0.4, -0.2) is 62.6 Å². The third-order valence-corrected chi connectivity index (χ3v) is 3.62. The fraction of sp³-hybridized carbons (Fsp3) is 0.538. The first kappa shape index (κ1) is 16.6. The minimum absolute atomic E-state index is 0.141. The number of hydrogen-bond acceptors (Lipinski definition) is 8. The van der Waals surface area contributed by atoms with Gasteiger partial charge in [-0.2, -0.15) is 0 Å². The number of rotatable bonds is 4. The molecule has 0 radical (unpaired) electrons. The molecule has 0 amide bonds. The lowest BCUT2D eigenvalue weighted by Gasteiger charge is -2.40. The number of nitro groups is 1. The molecule has 0 aliphatic carbocycles. The van der Waals surface area contributed by atoms with Crippen molar-refractivity contribution in [1.82, 2.24) is 0 Å². The number of aryl methyl sites for hydroxylation is 1. The predicted octanol–water partition coefficient (Wildman–Crippen LogP) is -0.885. The Morgan fingerprint density at radius 1 is 1.27 bits per heavy atom. The van der Waals surface area contributed by atoms with Crippen LogP contribution in [0.15, 0.2) is 18.2 Å². The van der Waals surface area contributed by atoms with Crippen molar-refractivity contribution in [2.45, 2.75) is 37.6 Å². The molecule has 5 N–H and O–H groups in total. The monoisotopic (exact) mass is 314 g/mol. The summed E-state index contributed by atoms with van der Waals surface area (Å²) >= 11 is 0. The molecule has 0 aromatic heterocycles. The van der Waals surface area contributed by atoms with E-state index in [1.165, 1.54) is 18.2 Å². The van der Waals surface area contributed by atoms with Crippen molar-refractivity contribution in [3.63, 3.8) is 0 Å². The second-order valence-corrected chi connectivity index (χ2v) is 5.15. The van der Waals surface area contributed by atoms with E-state index in [1.807, 2.05) is 0 Å². The number of benzene rings is 1. The summed E-state index contributed by atoms with van der Waals surface area (Å²) in [5.74, 6) is 0. The van der Waals surface area contributed by atoms with Gasteiger partial charge in [0, 0.05) is 17.8 Å². The molecule has 1 saturated heterocycles. The molecule has 0 spiro atoms. The van der Waals surface area contributed by atoms with E-state index in [0.29, 0.717) is 11.3 Å². The lowest BCUT2D eigenvalue weighted by molar-refractivity contribution is -0.384. The molecular formula is C13H18N2O7. The zero-order valence-electron chi connectivity index (χ0n) is 11.8. The van der Waals surface area contributed by atoms with E-state index in [1.54, 1.807) is 6.92 Å². The van der Waals surface area contributed by atoms with Crippen LogP contribution in [0.25, 0.3) is 0 Å². The average molecular weight is 314 g/mol. The molecule has 2 rings (SSSR count). The van der Waals surface area contributed by atoms with Crippen LogP contribution in [0, 0.1) is 17.0 Å². The maximum atomic E-state index is 10.8. The number of aliphatic hydroxyl groups is 4. The maximum Gasteiger partial charge on any atom is 0.271 e. The smallest absolute Gasteiger partial charge is 0.271 e. The molecule has 122 valence electrons. The molecule has 1 heterocycles. The highest BCUT2D eigenvalue weighted by atomic mass is 16.6. The summed E-state index contributed by atoms with van der Waals surface area (Å²) < 4.78 is 5.30. The third-order valence-electron chi connectivity index (χ3n) is 3.62. The Labute approximate surface area is 125 Å². The van der Waals surface area contributed by atoms with Gasteiger partial charge in [-0.25, -0.2) is 0 Å². The highest BCUT2D eigenvalue weighted by Crippen LogP contribution is 2.27. The van der Waals surface area contributed by atoms with Gasteiger partial charge in [0.1, 0.15) is 24.4 Å². The number of non-ortho nitro benzene ring substituents is 1. The van der Waals surface area contributed by atoms with Gasteiger partial charge in [-0.3, -0.25) is 10.1 Å². The van der Waals surface area contributed by atoms with Gasteiger partial charge in [-0.1, -0.05) is 6.07 Å². The Morgan fingerprint density at radius 3 is 2.55 bits per heavy atom. The number of anilines is 1. The number of nitro benzene ring substituents is 1. The number of hydrogen-bond donors (Lipinski definition) is 5. The van der Waals surface area contributed by atoms with Crippen LogP contribution in [0.2, 0.25) is 0 Å². The fourth-order valence-corrected chi connectivity index (χ4v) is 2.25. The van der Waals surface area contributed by atoms with Gasteiger partial charge in [0.15, 0.2) is 6.23 Å². The first-order chi connectivity index (χ1) is 10.3. The van der Waals surface area contributed by atoms with E-state index >= 15 is 0 Å². The molecule has 1 aliphatic rings. The van der Waals surface area contributed by atoms with Gasteiger partial charge in [-0.15, -0.1) is 0 Å². The molecule has 0 saturated carbocycles. The first-order valence-electron chi connectivity index (χ1n) is 6.67. The van der Waals surface area contributed by atoms with Gasteiger partial charge in [0.25, 0.3) is 5.69 Å². The Kier molecular flexibility index (Phi) is 4.94. The maximum absolute atomic E-state index is 10.8. The highest BCUT2D eigenvalue weighted by Gasteiger charge is 2.43. The lowest BCUT2D eigenvalue weighted by atomic mass is 9.98. The molecule has 5 atom stereocenters. The van der Waals surface area contributed by atoms with Crippen molar-refractivity contribution in [2.75, 3.05) is 11.9 Å². The number of aliphatic hydroxyl groups excluding tert-OH is 4. The summed E-state index contributed by atoms with van der Waals surface area (Å²) in [4.78, 5) is 10.2. The second-order valence-electron chi connectivity index (χ2n) is 5.15. The van der Waals surface area contributed by atoms with Gasteiger partial charge in [0.2, 0.25) is 0 Å². The highest BCUT2D eigenvalue weighted by molar-refractivity contribution is 5.57. The van der Waals surface area contributed by atoms with Crippen LogP contribution in [0.5, 0.6) is 0 Å². The first-order valence-corrected chi connectivity index (χ1v) is 6.67. The van der Waals surface area contributed by atoms with Crippen molar-refractivity contribution in [2.24, 2.45) is 0 Å². The van der Waals surface area contributed by atoms with E-state index in [4.69, 9.17) is 9.84 Å². The lowest BCUT2D eigenvalue weighted by Crippen LogP contribution is -2.60. The fourth-order valence-electron chi connectivity index (χ4n) is 2.25. The normalized spacial score (nSPS) is 31.8. The van der Waals surface area contributed by atoms with Crippen LogP contribution in [0.3, 0.4) is 0 Å². The van der Waals surface area contributed by atoms with Crippen molar-refractivity contribution in [3.8, 4) is 0 Å². The van der Waals surface area contributed by atoms with E-state index in [0.717, 1.165) is 0 Å². The minimum atomic E-state index is -1.51. The van der Waals surface area contributed by atoms with Gasteiger partial charge < -0.3 is 30.5 Å². The van der Waals surface area contributed by atoms with Crippen LogP contribution >= 0.6 is 0 Å². The second kappa shape index (κ2) is 6.55. The molecular weight excluding hydrogens is 296 g/mol. The van der Waals surface area contributed by atoms with Gasteiger partial charge in [0.05, 0.1) is 11.5 Å². The van der Waals surface area contributed by atoms with Crippen LogP contribution in [0.1, 0.15) is 5.56 Å². The zero-order chi connectivity index (χ0) is 16.4. The summed E-state index contributed by atoms with van der Waals surface area (Å²) in [6.07, 6.45) is -6.60. The van der Waals surface area contributed by atoms with E-state index < -0.39 is 42.2 Å². The van der Waals surface area contributed by atoms with Crippen LogP contribution in [0.4, 0.5) is 11.4 Å². The Morgan fingerprint density at radius 2 is 1.95 bits per heavy atom. The predicted molar refractivity (Wildman–Crippen MR) is 75.2 cm³/mol. The molecule has 0 bridgehead atoms. The van der Waals surface area contributed by atoms with E-state index in [9.17, 15) is 25.4 Å². The molecule has 1 aromatic carbocycles. The summed E-state index contributed by atoms with van der Waals surface area (Å²) in [7, 11) is 0. The minimum Gasteiger partial charge on any atom is -0.394 e. The van der Waals surface area contributed by atoms with Crippen molar-refractivity contribution in [1.29, 1.82) is 0 Å². The van der Waals surface area contributed by atoms with Crippen LogP contribution < -0.4 is 5.32 Å². The van der Waals surface area contributed by atoms with Crippen molar-refractivity contribution < 1.29 is 30.1 Å². The Hall–Kier alpha value is -1.78. The molecule has 9 heteroatoms. The summed E-state index contributed by atoms with van der Waals surface area (Å²) in [6.45, 7) is 1.16. The molecule has 0 unspecified atom stereocenters. The average Bonchev–Trinajstić information content (AvgIpc) is 2.49. The van der Waals surface area contributed by atoms with E-state index in [2.05, 4.69) is 5.32 Å². The summed E-state index contributed by atoms with van der Waals surface area (Å²) in [5.41, 5.74) is 0.874. The molecule has 1 aliphatic heterocycles. The van der Waals surface area contributed by atoms with Crippen molar-refractivity contribution in [3.05, 3.63) is 33.9 Å². The van der Waals surface area contributed by atoms with Gasteiger partial charge in [-0.05, 0) is 12.5 Å². The number of ether oxygens (including phenoxy) is 1. The quantitative estimate of drug-likeness (QED) is 0.355. The van der Waals surface area contributed by atoms with Gasteiger partial charge >= 0.3 is 0 Å². The standard InChI is InChI=1S/C13H18N2O7/c1-6-2-3-7(15(20)21)4-8(6)14-13-12(19)11(18)10(17)9(5-16)22-13/h2-4,9-14,16-19H,5H2,1H3/t9-,10-,11-,12+,13+/m1/s1. The molecule has 1 aromatic rings. The molecule has 22 heavy (non-hydrogen) atoms. The summed E-state index contributed by atoms with van der Waals surface area (Å²) in [6, 6.07) is 4.15. The third kappa shape index (κ3) is 3.18. The number of nitrogens with one attached hydrogen (secondary N) is 1. The topological polar surface area (TPSA) is 145 Å². The SMILES string of the molecule is Cc1ccc([N+](=O)[O-])cc1N[C@H]1O[C@H](CO)[C@@H](O)[C@@H](O)[C@@H]1O. The van der Waals surface area contributed by atoms with Crippen LogP contribution in [-0.2, 0) is 4.74 Å². The molecule has 1 fully saturated rings. The van der Waals surface area contributed by atoms with Crippen molar-refractivity contribution >= 4 is 11.4 Å². The Balaban J connectivity index is 2.22. The summed E-state index contributed by atoms with van der Waals surface area (Å²) in [5, 5.41) is 52.0. The zero-order valence-corrected chi connectivity index (χ0v) is 11.8. The van der Waals surface area contributed by atoms with E-state index in [-0.39, 0.29) is 5.69 Å². The number of nitrogens with zero attached hydrogens (tertiary/aromatic N) is 1. The largest absolute Gasteiger partial charge is 0.394 e. The Bertz CT molecular complexity index is 551.